The maximum Gasteiger partial charge on any atom is 0.0469 e. The van der Waals surface area contributed by atoms with Gasteiger partial charge >= 0.3 is 0 Å². The lowest BCUT2D eigenvalue weighted by atomic mass is 9.98. The van der Waals surface area contributed by atoms with Crippen LogP contribution in [0.4, 0.5) is 0 Å². The number of ether oxygens (including phenoxy) is 1. The van der Waals surface area contributed by atoms with Gasteiger partial charge in [-0.15, -0.1) is 0 Å². The molecule has 1 N–H and O–H groups in total. The smallest absolute Gasteiger partial charge is 0.0469 e. The van der Waals surface area contributed by atoms with E-state index in [2.05, 4.69) is 24.1 Å². The normalized spacial score (nSPS) is 25.6. The van der Waals surface area contributed by atoms with Crippen LogP contribution in [0.5, 0.6) is 0 Å². The zero-order valence-electron chi connectivity index (χ0n) is 11.5. The van der Waals surface area contributed by atoms with Crippen LogP contribution < -0.4 is 5.32 Å². The summed E-state index contributed by atoms with van der Waals surface area (Å²) in [6.45, 7) is 10.3. The van der Waals surface area contributed by atoms with E-state index in [0.29, 0.717) is 6.04 Å². The van der Waals surface area contributed by atoms with Gasteiger partial charge in [0.1, 0.15) is 0 Å². The van der Waals surface area contributed by atoms with Crippen LogP contribution in [0, 0.1) is 5.92 Å². The molecule has 100 valence electrons. The number of nitrogens with one attached hydrogen (secondary N) is 1. The van der Waals surface area contributed by atoms with Crippen molar-refractivity contribution in [2.45, 2.75) is 51.6 Å². The lowest BCUT2D eigenvalue weighted by Gasteiger charge is -2.35. The van der Waals surface area contributed by atoms with E-state index in [0.717, 1.165) is 25.2 Å². The molecule has 0 unspecified atom stereocenters. The summed E-state index contributed by atoms with van der Waals surface area (Å²) in [4.78, 5) is 2.59. The van der Waals surface area contributed by atoms with Crippen LogP contribution in [0.3, 0.4) is 0 Å². The van der Waals surface area contributed by atoms with Crippen molar-refractivity contribution >= 4 is 0 Å². The van der Waals surface area contributed by atoms with E-state index in [-0.39, 0.29) is 0 Å². The first kappa shape index (κ1) is 13.3. The molecule has 2 aliphatic heterocycles. The molecule has 0 atom stereocenters. The van der Waals surface area contributed by atoms with Gasteiger partial charge in [0.2, 0.25) is 0 Å². The molecule has 2 aliphatic rings. The predicted molar refractivity (Wildman–Crippen MR) is 71.3 cm³/mol. The van der Waals surface area contributed by atoms with Crippen molar-refractivity contribution < 1.29 is 4.74 Å². The van der Waals surface area contributed by atoms with Gasteiger partial charge in [0, 0.05) is 25.3 Å². The summed E-state index contributed by atoms with van der Waals surface area (Å²) < 4.78 is 5.40. The molecule has 0 spiro atoms. The van der Waals surface area contributed by atoms with Crippen molar-refractivity contribution in [1.82, 2.24) is 10.2 Å². The second-order valence-corrected chi connectivity index (χ2v) is 5.87. The highest BCUT2D eigenvalue weighted by Crippen LogP contribution is 2.16. The van der Waals surface area contributed by atoms with E-state index in [4.69, 9.17) is 4.74 Å². The molecule has 2 saturated heterocycles. The summed E-state index contributed by atoms with van der Waals surface area (Å²) in [5, 5.41) is 3.77. The standard InChI is InChI=1S/C14H28N2O/c1-12(2)16-7-3-14(4-8-16)15-11-13-5-9-17-10-6-13/h12-15H,3-11H2,1-2H3. The fraction of sp³-hybridized carbons (Fsp3) is 1.00. The fourth-order valence-electron chi connectivity index (χ4n) is 2.90. The number of hydrogen-bond acceptors (Lipinski definition) is 3. The van der Waals surface area contributed by atoms with E-state index < -0.39 is 0 Å². The highest BCUT2D eigenvalue weighted by molar-refractivity contribution is 4.80. The molecule has 3 nitrogen and oxygen atoms in total. The van der Waals surface area contributed by atoms with Gasteiger partial charge in [-0.05, 0) is 65.1 Å². The fourth-order valence-corrected chi connectivity index (χ4v) is 2.90. The number of nitrogens with zero attached hydrogens (tertiary/aromatic N) is 1. The zero-order valence-corrected chi connectivity index (χ0v) is 11.5. The third-order valence-corrected chi connectivity index (χ3v) is 4.30. The lowest BCUT2D eigenvalue weighted by molar-refractivity contribution is 0.0639. The molecule has 0 aromatic heterocycles. The van der Waals surface area contributed by atoms with Crippen LogP contribution in [0.15, 0.2) is 0 Å². The van der Waals surface area contributed by atoms with Gasteiger partial charge in [-0.2, -0.15) is 0 Å². The molecule has 2 fully saturated rings. The van der Waals surface area contributed by atoms with Crippen LogP contribution in [0.2, 0.25) is 0 Å². The van der Waals surface area contributed by atoms with Crippen molar-refractivity contribution in [1.29, 1.82) is 0 Å². The third-order valence-electron chi connectivity index (χ3n) is 4.30. The molecule has 2 heterocycles. The molecule has 17 heavy (non-hydrogen) atoms. The average Bonchev–Trinajstić information content (AvgIpc) is 2.38. The Bertz CT molecular complexity index is 206. The number of rotatable bonds is 4. The molecule has 0 aromatic rings. The first-order valence-electron chi connectivity index (χ1n) is 7.31. The second kappa shape index (κ2) is 6.72. The molecular formula is C14H28N2O. The molecule has 3 heteroatoms. The molecule has 0 amide bonds. The summed E-state index contributed by atoms with van der Waals surface area (Å²) in [7, 11) is 0. The van der Waals surface area contributed by atoms with Crippen molar-refractivity contribution in [3.8, 4) is 0 Å². The van der Waals surface area contributed by atoms with Gasteiger partial charge in [0.25, 0.3) is 0 Å². The first-order valence-corrected chi connectivity index (χ1v) is 7.31. The maximum atomic E-state index is 5.40. The quantitative estimate of drug-likeness (QED) is 0.812. The largest absolute Gasteiger partial charge is 0.381 e. The zero-order chi connectivity index (χ0) is 12.1. The Balaban J connectivity index is 1.61. The van der Waals surface area contributed by atoms with Crippen LogP contribution >= 0.6 is 0 Å². The Labute approximate surface area is 106 Å². The Hall–Kier alpha value is -0.120. The lowest BCUT2D eigenvalue weighted by Crippen LogP contribution is -2.46. The molecule has 0 saturated carbocycles. The second-order valence-electron chi connectivity index (χ2n) is 5.87. The highest BCUT2D eigenvalue weighted by atomic mass is 16.5. The Kier molecular flexibility index (Phi) is 5.26. The van der Waals surface area contributed by atoms with E-state index in [9.17, 15) is 0 Å². The number of piperidine rings is 1. The minimum Gasteiger partial charge on any atom is -0.381 e. The number of hydrogen-bond donors (Lipinski definition) is 1. The van der Waals surface area contributed by atoms with Gasteiger partial charge in [-0.1, -0.05) is 0 Å². The summed E-state index contributed by atoms with van der Waals surface area (Å²) in [5.41, 5.74) is 0. The van der Waals surface area contributed by atoms with Crippen molar-refractivity contribution in [2.24, 2.45) is 5.92 Å². The van der Waals surface area contributed by atoms with Gasteiger partial charge < -0.3 is 15.0 Å². The van der Waals surface area contributed by atoms with Crippen LogP contribution in [-0.2, 0) is 4.74 Å². The minimum absolute atomic E-state index is 0.714. The summed E-state index contributed by atoms with van der Waals surface area (Å²) >= 11 is 0. The minimum atomic E-state index is 0.714. The van der Waals surface area contributed by atoms with Gasteiger partial charge in [0.15, 0.2) is 0 Å². The SMILES string of the molecule is CC(C)N1CCC(NCC2CCOCC2)CC1. The molecule has 0 radical (unpaired) electrons. The number of likely N-dealkylation sites (tertiary alicyclic amines) is 1. The highest BCUT2D eigenvalue weighted by Gasteiger charge is 2.21. The monoisotopic (exact) mass is 240 g/mol. The Morgan fingerprint density at radius 3 is 2.35 bits per heavy atom. The molecule has 0 aromatic carbocycles. The maximum absolute atomic E-state index is 5.40. The molecular weight excluding hydrogens is 212 g/mol. The van der Waals surface area contributed by atoms with Crippen LogP contribution in [0.25, 0.3) is 0 Å². The average molecular weight is 240 g/mol. The predicted octanol–water partition coefficient (Wildman–Crippen LogP) is 1.88. The van der Waals surface area contributed by atoms with Crippen LogP contribution in [0.1, 0.15) is 39.5 Å². The Morgan fingerprint density at radius 2 is 1.76 bits per heavy atom. The molecule has 0 aliphatic carbocycles. The van der Waals surface area contributed by atoms with Gasteiger partial charge in [-0.25, -0.2) is 0 Å². The Morgan fingerprint density at radius 1 is 1.12 bits per heavy atom. The van der Waals surface area contributed by atoms with E-state index in [1.54, 1.807) is 0 Å². The van der Waals surface area contributed by atoms with Crippen molar-refractivity contribution in [3.05, 3.63) is 0 Å². The third kappa shape index (κ3) is 4.23. The summed E-state index contributed by atoms with van der Waals surface area (Å²) in [5.74, 6) is 0.854. The summed E-state index contributed by atoms with van der Waals surface area (Å²) in [6.07, 6.45) is 5.14. The topological polar surface area (TPSA) is 24.5 Å². The first-order chi connectivity index (χ1) is 8.25. The molecule has 2 rings (SSSR count). The van der Waals surface area contributed by atoms with E-state index in [1.807, 2.05) is 0 Å². The van der Waals surface area contributed by atoms with E-state index >= 15 is 0 Å². The van der Waals surface area contributed by atoms with E-state index in [1.165, 1.54) is 45.3 Å². The van der Waals surface area contributed by atoms with Crippen molar-refractivity contribution in [2.75, 3.05) is 32.8 Å². The van der Waals surface area contributed by atoms with Crippen LogP contribution in [-0.4, -0.2) is 49.8 Å². The molecule has 0 bridgehead atoms. The van der Waals surface area contributed by atoms with Crippen molar-refractivity contribution in [3.63, 3.8) is 0 Å². The summed E-state index contributed by atoms with van der Waals surface area (Å²) in [6, 6.07) is 1.47. The van der Waals surface area contributed by atoms with Gasteiger partial charge in [0.05, 0.1) is 0 Å². The van der Waals surface area contributed by atoms with Gasteiger partial charge in [-0.3, -0.25) is 0 Å².